The third kappa shape index (κ3) is 3.77. The molecule has 0 radical (unpaired) electrons. The Kier molecular flexibility index (Phi) is 5.48. The lowest BCUT2D eigenvalue weighted by molar-refractivity contribution is 0.0458. The van der Waals surface area contributed by atoms with Gasteiger partial charge in [-0.25, -0.2) is 4.79 Å². The van der Waals surface area contributed by atoms with Gasteiger partial charge in [-0.3, -0.25) is 0 Å². The molecule has 0 aliphatic heterocycles. The van der Waals surface area contributed by atoms with Crippen molar-refractivity contribution >= 4 is 5.97 Å². The summed E-state index contributed by atoms with van der Waals surface area (Å²) < 4.78 is 20.7. The summed E-state index contributed by atoms with van der Waals surface area (Å²) in [6, 6.07) is 3.15. The molecule has 106 valence electrons. The number of carbonyl (C=O) groups is 1. The first-order valence-electron chi connectivity index (χ1n) is 6.00. The summed E-state index contributed by atoms with van der Waals surface area (Å²) in [6.45, 7) is 4.32. The van der Waals surface area contributed by atoms with Crippen molar-refractivity contribution in [2.75, 3.05) is 27.9 Å². The number of esters is 1. The minimum absolute atomic E-state index is 0.283. The SMILES string of the molecule is COc1cc(C(=O)OCC(C)C)cc(OC)c1OC. The summed E-state index contributed by atoms with van der Waals surface area (Å²) in [5, 5.41) is 0. The molecule has 1 aromatic rings. The van der Waals surface area contributed by atoms with E-state index in [4.69, 9.17) is 18.9 Å². The van der Waals surface area contributed by atoms with Crippen LogP contribution in [0.4, 0.5) is 0 Å². The topological polar surface area (TPSA) is 54.0 Å². The summed E-state index contributed by atoms with van der Waals surface area (Å²) in [6.07, 6.45) is 0. The Labute approximate surface area is 113 Å². The molecule has 0 aliphatic rings. The van der Waals surface area contributed by atoms with E-state index >= 15 is 0 Å². The van der Waals surface area contributed by atoms with Crippen LogP contribution in [0.1, 0.15) is 24.2 Å². The van der Waals surface area contributed by atoms with Crippen LogP contribution in [-0.4, -0.2) is 33.9 Å². The predicted octanol–water partition coefficient (Wildman–Crippen LogP) is 2.53. The van der Waals surface area contributed by atoms with Crippen LogP contribution < -0.4 is 14.2 Å². The van der Waals surface area contributed by atoms with Crippen molar-refractivity contribution in [1.82, 2.24) is 0 Å². The van der Waals surface area contributed by atoms with Gasteiger partial charge in [0.15, 0.2) is 11.5 Å². The van der Waals surface area contributed by atoms with Gasteiger partial charge < -0.3 is 18.9 Å². The third-order valence-corrected chi connectivity index (χ3v) is 2.45. The Hall–Kier alpha value is -1.91. The molecule has 1 rings (SSSR count). The maximum atomic E-state index is 11.9. The van der Waals surface area contributed by atoms with Crippen LogP contribution in [0.25, 0.3) is 0 Å². The van der Waals surface area contributed by atoms with E-state index in [1.54, 1.807) is 12.1 Å². The minimum Gasteiger partial charge on any atom is -0.493 e. The van der Waals surface area contributed by atoms with Gasteiger partial charge in [-0.05, 0) is 18.1 Å². The zero-order chi connectivity index (χ0) is 14.4. The predicted molar refractivity (Wildman–Crippen MR) is 71.2 cm³/mol. The highest BCUT2D eigenvalue weighted by Gasteiger charge is 2.17. The highest BCUT2D eigenvalue weighted by molar-refractivity contribution is 5.91. The maximum absolute atomic E-state index is 11.9. The zero-order valence-electron chi connectivity index (χ0n) is 12.0. The Balaban J connectivity index is 3.05. The van der Waals surface area contributed by atoms with E-state index in [1.807, 2.05) is 13.8 Å². The molecule has 0 saturated carbocycles. The molecule has 0 atom stereocenters. The molecule has 0 N–H and O–H groups in total. The molecule has 5 nitrogen and oxygen atoms in total. The van der Waals surface area contributed by atoms with Crippen molar-refractivity contribution in [2.45, 2.75) is 13.8 Å². The van der Waals surface area contributed by atoms with Gasteiger partial charge >= 0.3 is 5.97 Å². The third-order valence-electron chi connectivity index (χ3n) is 2.45. The van der Waals surface area contributed by atoms with Crippen molar-refractivity contribution in [1.29, 1.82) is 0 Å². The van der Waals surface area contributed by atoms with Crippen molar-refractivity contribution in [2.24, 2.45) is 5.92 Å². The highest BCUT2D eigenvalue weighted by atomic mass is 16.5. The quantitative estimate of drug-likeness (QED) is 0.742. The number of hydrogen-bond acceptors (Lipinski definition) is 5. The first-order valence-corrected chi connectivity index (χ1v) is 6.00. The Morgan fingerprint density at radius 3 is 1.95 bits per heavy atom. The van der Waals surface area contributed by atoms with Gasteiger partial charge in [0, 0.05) is 0 Å². The lowest BCUT2D eigenvalue weighted by Crippen LogP contribution is -2.10. The first kappa shape index (κ1) is 15.1. The van der Waals surface area contributed by atoms with E-state index in [2.05, 4.69) is 0 Å². The molecular weight excluding hydrogens is 248 g/mol. The van der Waals surface area contributed by atoms with Crippen LogP contribution in [0.2, 0.25) is 0 Å². The molecule has 1 aromatic carbocycles. The molecule has 0 spiro atoms. The minimum atomic E-state index is -0.409. The van der Waals surface area contributed by atoms with Gasteiger partial charge in [0.25, 0.3) is 0 Å². The zero-order valence-corrected chi connectivity index (χ0v) is 12.0. The highest BCUT2D eigenvalue weighted by Crippen LogP contribution is 2.38. The van der Waals surface area contributed by atoms with Crippen LogP contribution >= 0.6 is 0 Å². The second-order valence-electron chi connectivity index (χ2n) is 4.41. The van der Waals surface area contributed by atoms with E-state index in [1.165, 1.54) is 21.3 Å². The standard InChI is InChI=1S/C14H20O5/c1-9(2)8-19-14(15)10-6-11(16-3)13(18-5)12(7-10)17-4/h6-7,9H,8H2,1-5H3. The lowest BCUT2D eigenvalue weighted by atomic mass is 10.2. The van der Waals surface area contributed by atoms with E-state index in [0.29, 0.717) is 29.4 Å². The lowest BCUT2D eigenvalue weighted by Gasteiger charge is -2.14. The van der Waals surface area contributed by atoms with E-state index < -0.39 is 5.97 Å². The number of benzene rings is 1. The Morgan fingerprint density at radius 1 is 1.05 bits per heavy atom. The molecule has 0 aromatic heterocycles. The second-order valence-corrected chi connectivity index (χ2v) is 4.41. The molecule has 0 bridgehead atoms. The molecule has 0 unspecified atom stereocenters. The van der Waals surface area contributed by atoms with Crippen molar-refractivity contribution in [3.05, 3.63) is 17.7 Å². The van der Waals surface area contributed by atoms with Crippen LogP contribution in [-0.2, 0) is 4.74 Å². The molecule has 5 heteroatoms. The fraction of sp³-hybridized carbons (Fsp3) is 0.500. The number of ether oxygens (including phenoxy) is 4. The average Bonchev–Trinajstić information content (AvgIpc) is 2.42. The largest absolute Gasteiger partial charge is 0.493 e. The molecule has 0 aliphatic carbocycles. The second kappa shape index (κ2) is 6.87. The Bertz CT molecular complexity index is 414. The van der Waals surface area contributed by atoms with Crippen molar-refractivity contribution in [3.63, 3.8) is 0 Å². The van der Waals surface area contributed by atoms with Gasteiger partial charge in [-0.15, -0.1) is 0 Å². The van der Waals surface area contributed by atoms with Gasteiger partial charge in [-0.1, -0.05) is 13.8 Å². The smallest absolute Gasteiger partial charge is 0.338 e. The van der Waals surface area contributed by atoms with Crippen LogP contribution in [0.15, 0.2) is 12.1 Å². The summed E-state index contributed by atoms with van der Waals surface area (Å²) in [4.78, 5) is 11.9. The molecule has 19 heavy (non-hydrogen) atoms. The van der Waals surface area contributed by atoms with E-state index in [-0.39, 0.29) is 5.92 Å². The normalized spacial score (nSPS) is 10.2. The van der Waals surface area contributed by atoms with Gasteiger partial charge in [0.1, 0.15) is 0 Å². The number of methoxy groups -OCH3 is 3. The summed E-state index contributed by atoms with van der Waals surface area (Å²) in [7, 11) is 4.51. The van der Waals surface area contributed by atoms with E-state index in [0.717, 1.165) is 0 Å². The molecule has 0 heterocycles. The molecule has 0 saturated heterocycles. The van der Waals surface area contributed by atoms with Crippen molar-refractivity contribution in [3.8, 4) is 17.2 Å². The van der Waals surface area contributed by atoms with Gasteiger partial charge in [0.05, 0.1) is 33.5 Å². The fourth-order valence-corrected chi connectivity index (χ4v) is 1.52. The van der Waals surface area contributed by atoms with Crippen molar-refractivity contribution < 1.29 is 23.7 Å². The first-order chi connectivity index (χ1) is 9.03. The average molecular weight is 268 g/mol. The molecular formula is C14H20O5. The number of carbonyl (C=O) groups excluding carboxylic acids is 1. The van der Waals surface area contributed by atoms with Crippen LogP contribution in [0.3, 0.4) is 0 Å². The monoisotopic (exact) mass is 268 g/mol. The van der Waals surface area contributed by atoms with Crippen LogP contribution in [0, 0.1) is 5.92 Å². The maximum Gasteiger partial charge on any atom is 0.338 e. The molecule has 0 amide bonds. The van der Waals surface area contributed by atoms with Gasteiger partial charge in [0.2, 0.25) is 5.75 Å². The van der Waals surface area contributed by atoms with Crippen LogP contribution in [0.5, 0.6) is 17.2 Å². The number of hydrogen-bond donors (Lipinski definition) is 0. The van der Waals surface area contributed by atoms with Gasteiger partial charge in [-0.2, -0.15) is 0 Å². The summed E-state index contributed by atoms with van der Waals surface area (Å²) >= 11 is 0. The molecule has 0 fully saturated rings. The summed E-state index contributed by atoms with van der Waals surface area (Å²) in [5.41, 5.74) is 0.371. The van der Waals surface area contributed by atoms with E-state index in [9.17, 15) is 4.79 Å². The number of rotatable bonds is 6. The summed E-state index contributed by atoms with van der Waals surface area (Å²) in [5.74, 6) is 1.18. The Morgan fingerprint density at radius 2 is 1.58 bits per heavy atom. The fourth-order valence-electron chi connectivity index (χ4n) is 1.52.